The molecular formula is C31H42FN5O3. The van der Waals surface area contributed by atoms with E-state index in [0.29, 0.717) is 31.2 Å². The molecule has 40 heavy (non-hydrogen) atoms. The van der Waals surface area contributed by atoms with E-state index in [1.165, 1.54) is 12.1 Å². The number of alkyl carbamates (subject to hydrolysis) is 1. The summed E-state index contributed by atoms with van der Waals surface area (Å²) in [6.45, 7) is 11.6. The van der Waals surface area contributed by atoms with Crippen LogP contribution in [0, 0.1) is 23.1 Å². The van der Waals surface area contributed by atoms with Gasteiger partial charge in [-0.3, -0.25) is 9.69 Å². The fourth-order valence-electron chi connectivity index (χ4n) is 7.21. The van der Waals surface area contributed by atoms with Crippen LogP contribution in [0.3, 0.4) is 0 Å². The fourth-order valence-corrected chi connectivity index (χ4v) is 7.21. The molecule has 3 unspecified atom stereocenters. The van der Waals surface area contributed by atoms with Crippen LogP contribution < -0.4 is 5.32 Å². The molecule has 8 nitrogen and oxygen atoms in total. The second-order valence-corrected chi connectivity index (χ2v) is 12.8. The third-order valence-corrected chi connectivity index (χ3v) is 8.95. The lowest BCUT2D eigenvalue weighted by molar-refractivity contribution is -0.140. The summed E-state index contributed by atoms with van der Waals surface area (Å²) < 4.78 is 19.3. The zero-order valence-corrected chi connectivity index (χ0v) is 23.9. The summed E-state index contributed by atoms with van der Waals surface area (Å²) in [6.07, 6.45) is 6.32. The molecule has 0 spiro atoms. The van der Waals surface area contributed by atoms with Crippen molar-refractivity contribution in [3.63, 3.8) is 0 Å². The van der Waals surface area contributed by atoms with E-state index >= 15 is 0 Å². The highest BCUT2D eigenvalue weighted by atomic mass is 19.1. The van der Waals surface area contributed by atoms with Gasteiger partial charge >= 0.3 is 6.09 Å². The van der Waals surface area contributed by atoms with Crippen molar-refractivity contribution in [3.05, 3.63) is 47.9 Å². The number of amides is 2. The maximum Gasteiger partial charge on any atom is 0.408 e. The Hall–Kier alpha value is -3.12. The number of nitrogens with one attached hydrogen (secondary N) is 1. The number of carbonyl (C=O) groups excluding carboxylic acids is 2. The SMILES string of the molecule is C=C(C(CN1C[C@@H]2CC1C(=O)N2C(c1ccc(F)cc1)C1CCCC1)NC(=O)OC(C)(C)C)N1CCC[C@H]1C#N. The maximum atomic E-state index is 14.0. The number of nitriles is 1. The van der Waals surface area contributed by atoms with E-state index in [-0.39, 0.29) is 35.9 Å². The van der Waals surface area contributed by atoms with Gasteiger partial charge in [0.2, 0.25) is 5.91 Å². The van der Waals surface area contributed by atoms with E-state index < -0.39 is 17.7 Å². The van der Waals surface area contributed by atoms with Crippen molar-refractivity contribution in [1.29, 1.82) is 5.26 Å². The molecule has 9 heteroatoms. The molecule has 216 valence electrons. The van der Waals surface area contributed by atoms with Crippen molar-refractivity contribution in [2.45, 2.75) is 102 Å². The average molecular weight is 552 g/mol. The third kappa shape index (κ3) is 5.83. The van der Waals surface area contributed by atoms with Gasteiger partial charge in [0.05, 0.1) is 24.2 Å². The molecule has 5 atom stereocenters. The topological polar surface area (TPSA) is 88.9 Å². The molecule has 4 aliphatic rings. The molecule has 1 aliphatic carbocycles. The smallest absolute Gasteiger partial charge is 0.408 e. The number of piperazine rings is 1. The summed E-state index contributed by atoms with van der Waals surface area (Å²) in [5.41, 5.74) is 1.03. The van der Waals surface area contributed by atoms with E-state index in [9.17, 15) is 19.2 Å². The predicted octanol–water partition coefficient (Wildman–Crippen LogP) is 4.74. The van der Waals surface area contributed by atoms with Gasteiger partial charge < -0.3 is 19.9 Å². The highest BCUT2D eigenvalue weighted by molar-refractivity contribution is 5.86. The van der Waals surface area contributed by atoms with Crippen LogP contribution in [0.4, 0.5) is 9.18 Å². The van der Waals surface area contributed by atoms with Crippen molar-refractivity contribution in [1.82, 2.24) is 20.0 Å². The standard InChI is InChI=1S/C31H42FN5O3/c1-20(36-15-7-10-24(36)17-33)26(34-30(39)40-31(2,3)4)19-35-18-25-16-27(35)29(38)37(25)28(21-8-5-6-9-21)22-11-13-23(32)14-12-22/h11-14,21,24-28H,1,5-10,15-16,18-19H2,2-4H3,(H,34,39)/t24-,25-,26?,27?,28?/m0/s1. The zero-order chi connectivity index (χ0) is 28.6. The molecular weight excluding hydrogens is 509 g/mol. The number of halogens is 1. The number of hydrogen-bond donors (Lipinski definition) is 1. The van der Waals surface area contributed by atoms with Crippen molar-refractivity contribution in [3.8, 4) is 6.07 Å². The normalized spacial score (nSPS) is 26.7. The van der Waals surface area contributed by atoms with Gasteiger partial charge in [-0.2, -0.15) is 5.26 Å². The largest absolute Gasteiger partial charge is 0.444 e. The molecule has 3 saturated heterocycles. The molecule has 5 rings (SSSR count). The summed E-state index contributed by atoms with van der Waals surface area (Å²) in [6, 6.07) is 7.98. The Kier molecular flexibility index (Phi) is 8.10. The quantitative estimate of drug-likeness (QED) is 0.502. The van der Waals surface area contributed by atoms with Crippen molar-refractivity contribution < 1.29 is 18.7 Å². The molecule has 0 radical (unpaired) electrons. The van der Waals surface area contributed by atoms with Crippen LogP contribution >= 0.6 is 0 Å². The zero-order valence-electron chi connectivity index (χ0n) is 23.9. The Labute approximate surface area is 237 Å². The van der Waals surface area contributed by atoms with Crippen molar-refractivity contribution >= 4 is 12.0 Å². The Morgan fingerprint density at radius 3 is 2.52 bits per heavy atom. The van der Waals surface area contributed by atoms with Gasteiger partial charge in [-0.05, 0) is 76.5 Å². The summed E-state index contributed by atoms with van der Waals surface area (Å²) in [7, 11) is 0. The lowest BCUT2D eigenvalue weighted by Gasteiger charge is -2.42. The first-order chi connectivity index (χ1) is 19.1. The van der Waals surface area contributed by atoms with Crippen LogP contribution in [0.25, 0.3) is 0 Å². The molecule has 1 aromatic rings. The number of likely N-dealkylation sites (tertiary alicyclic amines) is 3. The van der Waals surface area contributed by atoms with Crippen LogP contribution in [0.15, 0.2) is 36.5 Å². The highest BCUT2D eigenvalue weighted by Gasteiger charge is 2.53. The van der Waals surface area contributed by atoms with Crippen LogP contribution in [-0.4, -0.2) is 76.1 Å². The Bertz CT molecular complexity index is 1150. The highest BCUT2D eigenvalue weighted by Crippen LogP contribution is 2.46. The van der Waals surface area contributed by atoms with Gasteiger partial charge in [-0.15, -0.1) is 0 Å². The average Bonchev–Trinajstić information content (AvgIpc) is 3.69. The number of hydrogen-bond acceptors (Lipinski definition) is 6. The summed E-state index contributed by atoms with van der Waals surface area (Å²) >= 11 is 0. The van der Waals surface area contributed by atoms with E-state index in [2.05, 4.69) is 27.8 Å². The summed E-state index contributed by atoms with van der Waals surface area (Å²) in [5.74, 6) is 0.214. The minimum atomic E-state index is -0.655. The van der Waals surface area contributed by atoms with Gasteiger partial charge in [0.1, 0.15) is 17.5 Å². The van der Waals surface area contributed by atoms with Crippen LogP contribution in [0.1, 0.15) is 77.3 Å². The number of benzene rings is 1. The lowest BCUT2D eigenvalue weighted by atomic mass is 9.89. The minimum absolute atomic E-state index is 0.0422. The van der Waals surface area contributed by atoms with Crippen molar-refractivity contribution in [2.75, 3.05) is 19.6 Å². The number of ether oxygens (including phenoxy) is 1. The number of rotatable bonds is 8. The lowest BCUT2D eigenvalue weighted by Crippen LogP contribution is -2.57. The summed E-state index contributed by atoms with van der Waals surface area (Å²) in [4.78, 5) is 33.0. The molecule has 0 aromatic heterocycles. The van der Waals surface area contributed by atoms with Gasteiger partial charge in [0.15, 0.2) is 0 Å². The molecule has 3 aliphatic heterocycles. The van der Waals surface area contributed by atoms with Gasteiger partial charge in [-0.1, -0.05) is 31.6 Å². The molecule has 2 bridgehead atoms. The van der Waals surface area contributed by atoms with E-state index in [1.54, 1.807) is 0 Å². The van der Waals surface area contributed by atoms with Crippen LogP contribution in [0.5, 0.6) is 0 Å². The van der Waals surface area contributed by atoms with E-state index in [0.717, 1.165) is 50.5 Å². The maximum absolute atomic E-state index is 14.0. The monoisotopic (exact) mass is 551 g/mol. The minimum Gasteiger partial charge on any atom is -0.444 e. The molecule has 1 aromatic carbocycles. The Balaban J connectivity index is 1.34. The van der Waals surface area contributed by atoms with E-state index in [4.69, 9.17) is 4.74 Å². The van der Waals surface area contributed by atoms with E-state index in [1.807, 2.05) is 37.8 Å². The van der Waals surface area contributed by atoms with Gasteiger partial charge in [0.25, 0.3) is 0 Å². The molecule has 2 amide bonds. The molecule has 4 fully saturated rings. The van der Waals surface area contributed by atoms with Crippen LogP contribution in [-0.2, 0) is 9.53 Å². The predicted molar refractivity (Wildman–Crippen MR) is 149 cm³/mol. The Morgan fingerprint density at radius 1 is 1.20 bits per heavy atom. The second-order valence-electron chi connectivity index (χ2n) is 12.8. The number of nitrogens with zero attached hydrogens (tertiary/aromatic N) is 4. The molecule has 1 saturated carbocycles. The molecule has 1 N–H and O–H groups in total. The first-order valence-corrected chi connectivity index (χ1v) is 14.7. The first-order valence-electron chi connectivity index (χ1n) is 14.7. The number of fused-ring (bicyclic) bond motifs is 2. The second kappa shape index (κ2) is 11.4. The summed E-state index contributed by atoms with van der Waals surface area (Å²) in [5, 5.41) is 12.7. The van der Waals surface area contributed by atoms with Crippen molar-refractivity contribution in [2.24, 2.45) is 5.92 Å². The fraction of sp³-hybridized carbons (Fsp3) is 0.645. The van der Waals surface area contributed by atoms with Gasteiger partial charge in [0, 0.05) is 31.4 Å². The first kappa shape index (κ1) is 28.4. The van der Waals surface area contributed by atoms with Gasteiger partial charge in [-0.25, -0.2) is 9.18 Å². The number of carbonyl (C=O) groups is 2. The molecule has 3 heterocycles. The third-order valence-electron chi connectivity index (χ3n) is 8.95. The Morgan fingerprint density at radius 2 is 1.90 bits per heavy atom. The van der Waals surface area contributed by atoms with Crippen LogP contribution in [0.2, 0.25) is 0 Å².